The van der Waals surface area contributed by atoms with Gasteiger partial charge in [-0.15, -0.1) is 6.58 Å². The van der Waals surface area contributed by atoms with Gasteiger partial charge in [-0.25, -0.2) is 9.97 Å². The van der Waals surface area contributed by atoms with Crippen molar-refractivity contribution >= 4 is 5.82 Å². The lowest BCUT2D eigenvalue weighted by molar-refractivity contribution is 0.315. The Labute approximate surface area is 186 Å². The number of benzene rings is 1. The fourth-order valence-electron chi connectivity index (χ4n) is 4.79. The number of rotatable bonds is 5. The Morgan fingerprint density at radius 1 is 1.16 bits per heavy atom. The maximum atomic E-state index is 6.00. The highest BCUT2D eigenvalue weighted by molar-refractivity contribution is 5.69. The summed E-state index contributed by atoms with van der Waals surface area (Å²) in [5, 5.41) is 0. The molecule has 1 aliphatic carbocycles. The monoisotopic (exact) mass is 415 g/mol. The molecule has 0 saturated carbocycles. The summed E-state index contributed by atoms with van der Waals surface area (Å²) in [5.74, 6) is 1.72. The minimum atomic E-state index is 0.280. The average molecular weight is 416 g/mol. The Hall–Kier alpha value is -2.88. The summed E-state index contributed by atoms with van der Waals surface area (Å²) in [4.78, 5) is 11.8. The Bertz CT molecular complexity index is 1110. The molecule has 0 aliphatic heterocycles. The molecule has 2 aromatic heterocycles. The van der Waals surface area contributed by atoms with Crippen LogP contribution in [0.1, 0.15) is 48.1 Å². The second kappa shape index (κ2) is 7.99. The molecule has 0 fully saturated rings. The van der Waals surface area contributed by atoms with Crippen LogP contribution in [0.5, 0.6) is 0 Å². The summed E-state index contributed by atoms with van der Waals surface area (Å²) >= 11 is 0. The number of fused-ring (bicyclic) bond motifs is 1. The normalized spacial score (nSPS) is 14.9. The lowest BCUT2D eigenvalue weighted by Crippen LogP contribution is -2.26. The minimum absolute atomic E-state index is 0.280. The number of hydrogen-bond acceptors (Lipinski definition) is 4. The SMILES string of the molecule is C=CCc1c(C)cc(-c2coc(-c3cnc(N(C)C)c4c3CCC(C)(C)C4)n2)cc1C. The molecule has 0 bridgehead atoms. The molecule has 0 radical (unpaired) electrons. The van der Waals surface area contributed by atoms with Crippen LogP contribution in [0.4, 0.5) is 5.82 Å². The van der Waals surface area contributed by atoms with Crippen LogP contribution in [0.15, 0.2) is 41.7 Å². The van der Waals surface area contributed by atoms with Gasteiger partial charge in [0.2, 0.25) is 5.89 Å². The molecule has 2 heterocycles. The van der Waals surface area contributed by atoms with Gasteiger partial charge in [-0.1, -0.05) is 19.9 Å². The molecule has 31 heavy (non-hydrogen) atoms. The van der Waals surface area contributed by atoms with Crippen molar-refractivity contribution in [1.82, 2.24) is 9.97 Å². The first-order chi connectivity index (χ1) is 14.7. The third-order valence-electron chi connectivity index (χ3n) is 6.48. The highest BCUT2D eigenvalue weighted by atomic mass is 16.3. The second-order valence-corrected chi connectivity index (χ2v) is 9.81. The van der Waals surface area contributed by atoms with Crippen LogP contribution in [0.25, 0.3) is 22.7 Å². The Kier molecular flexibility index (Phi) is 5.50. The fourth-order valence-corrected chi connectivity index (χ4v) is 4.79. The smallest absolute Gasteiger partial charge is 0.228 e. The van der Waals surface area contributed by atoms with Crippen LogP contribution in [-0.2, 0) is 19.3 Å². The first-order valence-corrected chi connectivity index (χ1v) is 11.1. The molecule has 4 rings (SSSR count). The zero-order chi connectivity index (χ0) is 22.3. The van der Waals surface area contributed by atoms with Crippen LogP contribution >= 0.6 is 0 Å². The number of hydrogen-bond donors (Lipinski definition) is 0. The first-order valence-electron chi connectivity index (χ1n) is 11.1. The third kappa shape index (κ3) is 4.04. The minimum Gasteiger partial charge on any atom is -0.444 e. The standard InChI is InChI=1S/C27H33N3O/c1-8-9-20-17(2)12-19(13-18(20)3)24-16-31-26(29-24)23-15-28-25(30(6)7)22-14-27(4,5)11-10-21(22)23/h8,12-13,15-16H,1,9-11,14H2,2-7H3. The number of anilines is 1. The fraction of sp³-hybridized carbons (Fsp3) is 0.407. The van der Waals surface area contributed by atoms with E-state index in [4.69, 9.17) is 14.4 Å². The van der Waals surface area contributed by atoms with Gasteiger partial charge in [0, 0.05) is 25.9 Å². The van der Waals surface area contributed by atoms with Gasteiger partial charge < -0.3 is 9.32 Å². The topological polar surface area (TPSA) is 42.2 Å². The molecule has 0 N–H and O–H groups in total. The van der Waals surface area contributed by atoms with Crippen molar-refractivity contribution in [3.05, 3.63) is 65.1 Å². The summed E-state index contributed by atoms with van der Waals surface area (Å²) in [6, 6.07) is 4.39. The van der Waals surface area contributed by atoms with Crippen LogP contribution in [0.3, 0.4) is 0 Å². The maximum Gasteiger partial charge on any atom is 0.228 e. The molecule has 3 aromatic rings. The Balaban J connectivity index is 1.76. The highest BCUT2D eigenvalue weighted by Gasteiger charge is 2.31. The summed E-state index contributed by atoms with van der Waals surface area (Å²) < 4.78 is 6.00. The average Bonchev–Trinajstić information content (AvgIpc) is 3.18. The lowest BCUT2D eigenvalue weighted by Gasteiger charge is -2.34. The molecular formula is C27H33N3O. The number of oxazole rings is 1. The maximum absolute atomic E-state index is 6.00. The van der Waals surface area contributed by atoms with E-state index in [1.54, 1.807) is 6.26 Å². The molecule has 0 unspecified atom stereocenters. The van der Waals surface area contributed by atoms with E-state index in [1.165, 1.54) is 27.8 Å². The number of aryl methyl sites for hydroxylation is 2. The molecule has 162 valence electrons. The molecule has 0 saturated heterocycles. The molecule has 1 aromatic carbocycles. The number of allylic oxidation sites excluding steroid dienone is 1. The molecule has 4 nitrogen and oxygen atoms in total. The van der Waals surface area contributed by atoms with Gasteiger partial charge in [0.05, 0.1) is 5.56 Å². The zero-order valence-corrected chi connectivity index (χ0v) is 19.7. The van der Waals surface area contributed by atoms with Crippen molar-refractivity contribution in [1.29, 1.82) is 0 Å². The van der Waals surface area contributed by atoms with Crippen molar-refractivity contribution < 1.29 is 4.42 Å². The predicted octanol–water partition coefficient (Wildman–Crippen LogP) is 6.33. The summed E-state index contributed by atoms with van der Waals surface area (Å²) in [6.45, 7) is 12.9. The predicted molar refractivity (Wildman–Crippen MR) is 129 cm³/mol. The summed E-state index contributed by atoms with van der Waals surface area (Å²) in [6.07, 6.45) is 9.75. The molecule has 0 atom stereocenters. The molecule has 1 aliphatic rings. The molecule has 4 heteroatoms. The van der Waals surface area contributed by atoms with Gasteiger partial charge in [0.15, 0.2) is 0 Å². The lowest BCUT2D eigenvalue weighted by atomic mass is 9.73. The van der Waals surface area contributed by atoms with Gasteiger partial charge in [-0.05, 0) is 84.9 Å². The van der Waals surface area contributed by atoms with Crippen LogP contribution in [0.2, 0.25) is 0 Å². The van der Waals surface area contributed by atoms with Crippen LogP contribution < -0.4 is 4.90 Å². The summed E-state index contributed by atoms with van der Waals surface area (Å²) in [5.41, 5.74) is 9.79. The van der Waals surface area contributed by atoms with Crippen molar-refractivity contribution in [2.24, 2.45) is 5.41 Å². The first kappa shape index (κ1) is 21.4. The van der Waals surface area contributed by atoms with Crippen molar-refractivity contribution in [2.75, 3.05) is 19.0 Å². The van der Waals surface area contributed by atoms with Gasteiger partial charge in [-0.2, -0.15) is 0 Å². The highest BCUT2D eigenvalue weighted by Crippen LogP contribution is 2.42. The van der Waals surface area contributed by atoms with Gasteiger partial charge in [-0.3, -0.25) is 0 Å². The van der Waals surface area contributed by atoms with Crippen molar-refractivity contribution in [2.45, 2.75) is 53.4 Å². The van der Waals surface area contributed by atoms with E-state index in [-0.39, 0.29) is 5.41 Å². The number of pyridine rings is 1. The van der Waals surface area contributed by atoms with E-state index >= 15 is 0 Å². The quantitative estimate of drug-likeness (QED) is 0.457. The number of aromatic nitrogens is 2. The van der Waals surface area contributed by atoms with E-state index < -0.39 is 0 Å². The number of nitrogens with zero attached hydrogens (tertiary/aromatic N) is 3. The van der Waals surface area contributed by atoms with E-state index in [0.717, 1.165) is 48.3 Å². The second-order valence-electron chi connectivity index (χ2n) is 9.81. The summed E-state index contributed by atoms with van der Waals surface area (Å²) in [7, 11) is 4.13. The van der Waals surface area contributed by atoms with E-state index in [0.29, 0.717) is 5.89 Å². The molecule has 0 spiro atoms. The van der Waals surface area contributed by atoms with Gasteiger partial charge >= 0.3 is 0 Å². The van der Waals surface area contributed by atoms with Crippen molar-refractivity contribution in [3.63, 3.8) is 0 Å². The largest absolute Gasteiger partial charge is 0.444 e. The van der Waals surface area contributed by atoms with E-state index in [2.05, 4.69) is 65.4 Å². The zero-order valence-electron chi connectivity index (χ0n) is 19.7. The van der Waals surface area contributed by atoms with Gasteiger partial charge in [0.25, 0.3) is 0 Å². The Morgan fingerprint density at radius 2 is 1.87 bits per heavy atom. The van der Waals surface area contributed by atoms with Crippen molar-refractivity contribution in [3.8, 4) is 22.7 Å². The van der Waals surface area contributed by atoms with Crippen LogP contribution in [0, 0.1) is 19.3 Å². The van der Waals surface area contributed by atoms with E-state index in [1.807, 2.05) is 12.3 Å². The molecular weight excluding hydrogens is 382 g/mol. The van der Waals surface area contributed by atoms with Crippen LogP contribution in [-0.4, -0.2) is 24.1 Å². The molecule has 0 amide bonds. The Morgan fingerprint density at radius 3 is 2.52 bits per heavy atom. The van der Waals surface area contributed by atoms with E-state index in [9.17, 15) is 0 Å². The van der Waals surface area contributed by atoms with Gasteiger partial charge in [0.1, 0.15) is 17.8 Å². The third-order valence-corrected chi connectivity index (χ3v) is 6.48.